The van der Waals surface area contributed by atoms with Crippen LogP contribution in [0.1, 0.15) is 5.69 Å². The summed E-state index contributed by atoms with van der Waals surface area (Å²) in [5.74, 6) is 1.49. The summed E-state index contributed by atoms with van der Waals surface area (Å²) in [4.78, 5) is 20.0. The minimum atomic E-state index is 0.253. The molecule has 0 atom stereocenters. The summed E-state index contributed by atoms with van der Waals surface area (Å²) in [7, 11) is 0. The fourth-order valence-electron chi connectivity index (χ4n) is 2.48. The predicted molar refractivity (Wildman–Crippen MR) is 99.4 cm³/mol. The second-order valence-corrected chi connectivity index (χ2v) is 6.08. The molecule has 0 amide bonds. The van der Waals surface area contributed by atoms with Crippen LogP contribution >= 0.6 is 23.2 Å². The summed E-state index contributed by atoms with van der Waals surface area (Å²) in [6.07, 6.45) is 2.93. The standard InChI is InChI=1S/C17H9Cl2N7/c18-10-2-1-3-11(19)14(10)16-24-12-4-5-21-17(15(12)26-16)25-13-6-9(7-20)22-8-23-13/h1-6,8H,(H,24,26)(H,21,22,23,25). The number of halogens is 2. The number of nitrogens with zero attached hydrogens (tertiary/aromatic N) is 5. The SMILES string of the molecule is N#Cc1cc(Nc2nccc3nc(-c4c(Cl)cccc4Cl)[nH]c23)ncn1. The molecule has 0 aliphatic heterocycles. The predicted octanol–water partition coefficient (Wildman–Crippen LogP) is 4.34. The Morgan fingerprint density at radius 3 is 2.65 bits per heavy atom. The first kappa shape index (κ1) is 16.3. The Morgan fingerprint density at radius 2 is 1.88 bits per heavy atom. The van der Waals surface area contributed by atoms with Gasteiger partial charge in [-0.05, 0) is 18.2 Å². The van der Waals surface area contributed by atoms with E-state index in [4.69, 9.17) is 28.5 Å². The van der Waals surface area contributed by atoms with Crippen molar-refractivity contribution in [3.8, 4) is 17.5 Å². The smallest absolute Gasteiger partial charge is 0.157 e. The van der Waals surface area contributed by atoms with Crippen LogP contribution in [-0.2, 0) is 0 Å². The maximum Gasteiger partial charge on any atom is 0.157 e. The van der Waals surface area contributed by atoms with E-state index in [0.717, 1.165) is 0 Å². The number of anilines is 2. The van der Waals surface area contributed by atoms with Crippen LogP contribution in [0.5, 0.6) is 0 Å². The van der Waals surface area contributed by atoms with E-state index >= 15 is 0 Å². The third-order valence-electron chi connectivity index (χ3n) is 3.63. The van der Waals surface area contributed by atoms with E-state index in [-0.39, 0.29) is 5.69 Å². The van der Waals surface area contributed by atoms with Crippen LogP contribution in [0, 0.1) is 11.3 Å². The van der Waals surface area contributed by atoms with Gasteiger partial charge in [0, 0.05) is 12.3 Å². The molecule has 0 aliphatic carbocycles. The van der Waals surface area contributed by atoms with Crippen molar-refractivity contribution in [1.82, 2.24) is 24.9 Å². The van der Waals surface area contributed by atoms with Gasteiger partial charge in [-0.1, -0.05) is 29.3 Å². The van der Waals surface area contributed by atoms with Gasteiger partial charge in [0.15, 0.2) is 5.82 Å². The van der Waals surface area contributed by atoms with Gasteiger partial charge in [0.1, 0.15) is 35.2 Å². The number of nitrogens with one attached hydrogen (secondary N) is 2. The van der Waals surface area contributed by atoms with E-state index in [1.165, 1.54) is 12.4 Å². The van der Waals surface area contributed by atoms with Gasteiger partial charge in [0.05, 0.1) is 21.1 Å². The first-order valence-corrected chi connectivity index (χ1v) is 8.19. The van der Waals surface area contributed by atoms with Crippen LogP contribution in [0.4, 0.5) is 11.6 Å². The van der Waals surface area contributed by atoms with Crippen molar-refractivity contribution in [2.24, 2.45) is 0 Å². The van der Waals surface area contributed by atoms with E-state index in [0.29, 0.717) is 44.1 Å². The Morgan fingerprint density at radius 1 is 1.08 bits per heavy atom. The molecule has 9 heteroatoms. The average Bonchev–Trinajstić information content (AvgIpc) is 3.06. The molecule has 7 nitrogen and oxygen atoms in total. The summed E-state index contributed by atoms with van der Waals surface area (Å²) >= 11 is 12.5. The Bertz CT molecular complexity index is 1140. The Balaban J connectivity index is 1.80. The Labute approximate surface area is 157 Å². The molecule has 126 valence electrons. The average molecular weight is 382 g/mol. The molecular weight excluding hydrogens is 373 g/mol. The fourth-order valence-corrected chi connectivity index (χ4v) is 3.06. The van der Waals surface area contributed by atoms with Gasteiger partial charge in [-0.15, -0.1) is 0 Å². The number of aromatic amines is 1. The van der Waals surface area contributed by atoms with Crippen LogP contribution in [-0.4, -0.2) is 24.9 Å². The van der Waals surface area contributed by atoms with E-state index < -0.39 is 0 Å². The maximum absolute atomic E-state index is 8.96. The minimum absolute atomic E-state index is 0.253. The molecule has 4 aromatic rings. The number of hydrogen-bond donors (Lipinski definition) is 2. The zero-order valence-electron chi connectivity index (χ0n) is 13.0. The van der Waals surface area contributed by atoms with E-state index in [1.807, 2.05) is 6.07 Å². The molecule has 0 fully saturated rings. The number of fused-ring (bicyclic) bond motifs is 1. The molecular formula is C17H9Cl2N7. The lowest BCUT2D eigenvalue weighted by Gasteiger charge is -2.05. The van der Waals surface area contributed by atoms with Crippen molar-refractivity contribution in [2.75, 3.05) is 5.32 Å². The minimum Gasteiger partial charge on any atom is -0.335 e. The molecule has 0 aliphatic rings. The lowest BCUT2D eigenvalue weighted by Crippen LogP contribution is -1.98. The van der Waals surface area contributed by atoms with E-state index in [9.17, 15) is 0 Å². The molecule has 0 unspecified atom stereocenters. The number of benzene rings is 1. The number of rotatable bonds is 3. The largest absolute Gasteiger partial charge is 0.335 e. The van der Waals surface area contributed by atoms with Crippen molar-refractivity contribution in [2.45, 2.75) is 0 Å². The molecule has 1 aromatic carbocycles. The van der Waals surface area contributed by atoms with Gasteiger partial charge in [0.25, 0.3) is 0 Å². The third-order valence-corrected chi connectivity index (χ3v) is 4.26. The monoisotopic (exact) mass is 381 g/mol. The first-order chi connectivity index (χ1) is 12.7. The van der Waals surface area contributed by atoms with Crippen molar-refractivity contribution >= 4 is 45.9 Å². The second-order valence-electron chi connectivity index (χ2n) is 5.26. The zero-order valence-corrected chi connectivity index (χ0v) is 14.5. The highest BCUT2D eigenvalue weighted by atomic mass is 35.5. The first-order valence-electron chi connectivity index (χ1n) is 7.44. The van der Waals surface area contributed by atoms with Crippen molar-refractivity contribution < 1.29 is 0 Å². The molecule has 0 saturated carbocycles. The topological polar surface area (TPSA) is 103 Å². The van der Waals surface area contributed by atoms with Crippen LogP contribution in [0.15, 0.2) is 42.9 Å². The maximum atomic E-state index is 8.96. The number of H-pyrrole nitrogens is 1. The quantitative estimate of drug-likeness (QED) is 0.547. The van der Waals surface area contributed by atoms with Gasteiger partial charge >= 0.3 is 0 Å². The molecule has 4 rings (SSSR count). The van der Waals surface area contributed by atoms with Crippen LogP contribution < -0.4 is 5.32 Å². The van der Waals surface area contributed by atoms with Gasteiger partial charge < -0.3 is 10.3 Å². The van der Waals surface area contributed by atoms with Gasteiger partial charge in [-0.2, -0.15) is 5.26 Å². The second kappa shape index (κ2) is 6.59. The Kier molecular flexibility index (Phi) is 4.13. The van der Waals surface area contributed by atoms with Crippen LogP contribution in [0.25, 0.3) is 22.4 Å². The number of pyridine rings is 1. The van der Waals surface area contributed by atoms with Crippen molar-refractivity contribution in [1.29, 1.82) is 5.26 Å². The molecule has 2 N–H and O–H groups in total. The highest BCUT2D eigenvalue weighted by Crippen LogP contribution is 2.34. The Hall–Kier alpha value is -3.21. The number of nitriles is 1. The summed E-state index contributed by atoms with van der Waals surface area (Å²) in [6, 6.07) is 10.5. The van der Waals surface area contributed by atoms with Gasteiger partial charge in [-0.3, -0.25) is 0 Å². The number of hydrogen-bond acceptors (Lipinski definition) is 6. The lowest BCUT2D eigenvalue weighted by molar-refractivity contribution is 1.13. The molecule has 3 aromatic heterocycles. The summed E-state index contributed by atoms with van der Waals surface area (Å²) in [6.45, 7) is 0. The molecule has 0 radical (unpaired) electrons. The van der Waals surface area contributed by atoms with Crippen molar-refractivity contribution in [3.63, 3.8) is 0 Å². The molecule has 0 spiro atoms. The van der Waals surface area contributed by atoms with Gasteiger partial charge in [-0.25, -0.2) is 19.9 Å². The fraction of sp³-hybridized carbons (Fsp3) is 0. The third kappa shape index (κ3) is 2.92. The van der Waals surface area contributed by atoms with Crippen LogP contribution in [0.2, 0.25) is 10.0 Å². The number of imidazole rings is 1. The summed E-state index contributed by atoms with van der Waals surface area (Å²) < 4.78 is 0. The highest BCUT2D eigenvalue weighted by Gasteiger charge is 2.15. The molecule has 3 heterocycles. The van der Waals surface area contributed by atoms with Crippen LogP contribution in [0.3, 0.4) is 0 Å². The molecule has 0 saturated heterocycles. The summed E-state index contributed by atoms with van der Waals surface area (Å²) in [5, 5.41) is 13.0. The molecule has 26 heavy (non-hydrogen) atoms. The van der Waals surface area contributed by atoms with Crippen molar-refractivity contribution in [3.05, 3.63) is 58.6 Å². The summed E-state index contributed by atoms with van der Waals surface area (Å²) in [5.41, 5.74) is 2.22. The van der Waals surface area contributed by atoms with E-state index in [1.54, 1.807) is 30.5 Å². The number of aromatic nitrogens is 5. The van der Waals surface area contributed by atoms with Gasteiger partial charge in [0.2, 0.25) is 0 Å². The highest BCUT2D eigenvalue weighted by molar-refractivity contribution is 6.39. The molecule has 0 bridgehead atoms. The van der Waals surface area contributed by atoms with E-state index in [2.05, 4.69) is 30.2 Å². The normalized spacial score (nSPS) is 10.7. The lowest BCUT2D eigenvalue weighted by atomic mass is 10.2. The zero-order chi connectivity index (χ0) is 18.1.